The van der Waals surface area contributed by atoms with Gasteiger partial charge in [-0.15, -0.1) is 0 Å². The maximum Gasteiger partial charge on any atom is 0.278 e. The molecule has 1 amide bonds. The van der Waals surface area contributed by atoms with Gasteiger partial charge in [0.25, 0.3) is 5.56 Å². The Morgan fingerprint density at radius 3 is 2.44 bits per heavy atom. The first-order chi connectivity index (χ1) is 17.2. The van der Waals surface area contributed by atoms with Crippen molar-refractivity contribution in [3.63, 3.8) is 0 Å². The normalized spacial score (nSPS) is 11.4. The van der Waals surface area contributed by atoms with E-state index in [1.165, 1.54) is 12.1 Å². The molecule has 36 heavy (non-hydrogen) atoms. The summed E-state index contributed by atoms with van der Waals surface area (Å²) in [6.45, 7) is 8.17. The van der Waals surface area contributed by atoms with Crippen molar-refractivity contribution in [2.45, 2.75) is 40.8 Å². The first-order valence-electron chi connectivity index (χ1n) is 11.8. The van der Waals surface area contributed by atoms with Crippen molar-refractivity contribution >= 4 is 22.5 Å². The number of nitrogens with zero attached hydrogens (tertiary/aromatic N) is 3. The summed E-state index contributed by atoms with van der Waals surface area (Å²) in [6, 6.07) is 16.6. The Hall–Kier alpha value is -4.26. The van der Waals surface area contributed by atoms with E-state index in [-0.39, 0.29) is 18.0 Å². The number of fused-ring (bicyclic) bond motifs is 3. The molecule has 0 atom stereocenters. The van der Waals surface area contributed by atoms with E-state index in [0.717, 1.165) is 43.7 Å². The number of aromatic nitrogens is 3. The Morgan fingerprint density at radius 2 is 1.72 bits per heavy atom. The molecular formula is C29H27FN4O2. The van der Waals surface area contributed by atoms with Crippen molar-refractivity contribution in [3.05, 3.63) is 105 Å². The Morgan fingerprint density at radius 1 is 0.972 bits per heavy atom. The minimum absolute atomic E-state index is 0.241. The van der Waals surface area contributed by atoms with Gasteiger partial charge in [-0.1, -0.05) is 47.5 Å². The smallest absolute Gasteiger partial charge is 0.278 e. The van der Waals surface area contributed by atoms with Gasteiger partial charge in [0.2, 0.25) is 5.91 Å². The molecule has 5 rings (SSSR count). The van der Waals surface area contributed by atoms with Crippen LogP contribution in [0.15, 0.2) is 65.6 Å². The summed E-state index contributed by atoms with van der Waals surface area (Å²) in [5, 5.41) is 7.89. The van der Waals surface area contributed by atoms with Crippen LogP contribution in [0.5, 0.6) is 0 Å². The number of amides is 1. The molecule has 3 aromatic rings. The molecule has 0 aromatic heterocycles. The van der Waals surface area contributed by atoms with Gasteiger partial charge in [0.05, 0.1) is 11.1 Å². The van der Waals surface area contributed by atoms with Crippen LogP contribution in [0.2, 0.25) is 0 Å². The number of aryl methyl sites for hydroxylation is 4. The lowest BCUT2D eigenvalue weighted by atomic mass is 10.1. The molecule has 182 valence electrons. The lowest BCUT2D eigenvalue weighted by Gasteiger charge is -2.14. The van der Waals surface area contributed by atoms with Crippen LogP contribution in [0.1, 0.15) is 27.8 Å². The lowest BCUT2D eigenvalue weighted by molar-refractivity contribution is -0.117. The summed E-state index contributed by atoms with van der Waals surface area (Å²) in [5.74, 6) is -0.764. The maximum atomic E-state index is 14.3. The van der Waals surface area contributed by atoms with Crippen molar-refractivity contribution in [2.75, 3.05) is 5.32 Å². The van der Waals surface area contributed by atoms with Gasteiger partial charge in [0.1, 0.15) is 18.1 Å². The summed E-state index contributed by atoms with van der Waals surface area (Å²) in [6.07, 6.45) is 1.75. The quantitative estimate of drug-likeness (QED) is 0.367. The Balaban J connectivity index is 1.55. The van der Waals surface area contributed by atoms with Crippen LogP contribution >= 0.6 is 0 Å². The predicted octanol–water partition coefficient (Wildman–Crippen LogP) is 5.36. The standard InChI is InChI=1S/C29H27FN4O2/c1-17-6-5-7-21(12-17)14-33-15-24-28(23-13-22(30)8-9-25(23)33)32-34(29(24)36)16-26(35)31-27-19(3)10-18(2)11-20(27)4/h5-13,15H,14,16H2,1-4H3,(H,31,35). The number of carbonyl (C=O) groups excluding carboxylic acids is 1. The fourth-order valence-corrected chi connectivity index (χ4v) is 4.89. The molecule has 0 radical (unpaired) electrons. The van der Waals surface area contributed by atoms with Crippen molar-refractivity contribution in [3.8, 4) is 11.3 Å². The lowest BCUT2D eigenvalue weighted by Crippen LogP contribution is -2.26. The second-order valence-electron chi connectivity index (χ2n) is 9.45. The van der Waals surface area contributed by atoms with E-state index in [2.05, 4.69) is 16.5 Å². The molecule has 2 heterocycles. The van der Waals surface area contributed by atoms with Gasteiger partial charge in [-0.05, 0) is 62.6 Å². The monoisotopic (exact) mass is 482 g/mol. The predicted molar refractivity (Wildman–Crippen MR) is 140 cm³/mol. The van der Waals surface area contributed by atoms with Crippen LogP contribution in [0, 0.1) is 33.5 Å². The largest absolute Gasteiger partial charge is 0.342 e. The molecule has 0 spiro atoms. The first kappa shape index (κ1) is 23.5. The first-order valence-corrected chi connectivity index (χ1v) is 11.8. The van der Waals surface area contributed by atoms with Crippen LogP contribution in [0.3, 0.4) is 0 Å². The molecule has 2 aliphatic heterocycles. The van der Waals surface area contributed by atoms with E-state index in [1.807, 2.05) is 62.6 Å². The molecule has 0 saturated heterocycles. The second kappa shape index (κ2) is 9.07. The summed E-state index contributed by atoms with van der Waals surface area (Å²) < 4.78 is 17.3. The highest BCUT2D eigenvalue weighted by molar-refractivity contribution is 5.95. The third-order valence-electron chi connectivity index (χ3n) is 6.42. The molecule has 0 bridgehead atoms. The second-order valence-corrected chi connectivity index (χ2v) is 9.45. The number of benzene rings is 3. The minimum Gasteiger partial charge on any atom is -0.342 e. The van der Waals surface area contributed by atoms with Gasteiger partial charge in [0.15, 0.2) is 0 Å². The van der Waals surface area contributed by atoms with Crippen LogP contribution < -0.4 is 10.9 Å². The molecule has 0 fully saturated rings. The molecule has 1 N–H and O–H groups in total. The molecule has 3 aromatic carbocycles. The highest BCUT2D eigenvalue weighted by atomic mass is 19.1. The average molecular weight is 483 g/mol. The van der Waals surface area contributed by atoms with E-state index >= 15 is 0 Å². The third kappa shape index (κ3) is 4.40. The number of carbonyl (C=O) groups is 1. The van der Waals surface area contributed by atoms with Gasteiger partial charge in [0, 0.05) is 23.8 Å². The fourth-order valence-electron chi connectivity index (χ4n) is 4.89. The van der Waals surface area contributed by atoms with Gasteiger partial charge >= 0.3 is 0 Å². The van der Waals surface area contributed by atoms with Crippen molar-refractivity contribution in [1.29, 1.82) is 0 Å². The molecule has 7 heteroatoms. The molecule has 2 aliphatic rings. The summed E-state index contributed by atoms with van der Waals surface area (Å²) in [5.41, 5.74) is 7.04. The van der Waals surface area contributed by atoms with E-state index < -0.39 is 5.82 Å². The van der Waals surface area contributed by atoms with Gasteiger partial charge in [-0.2, -0.15) is 5.10 Å². The average Bonchev–Trinajstić information content (AvgIpc) is 3.11. The number of pyridine rings is 1. The van der Waals surface area contributed by atoms with E-state index in [9.17, 15) is 14.0 Å². The van der Waals surface area contributed by atoms with E-state index in [4.69, 9.17) is 0 Å². The number of anilines is 1. The molecule has 0 saturated carbocycles. The Bertz CT molecular complexity index is 1640. The fraction of sp³-hybridized carbons (Fsp3) is 0.207. The molecule has 6 nitrogen and oxygen atoms in total. The van der Waals surface area contributed by atoms with Gasteiger partial charge < -0.3 is 9.88 Å². The van der Waals surface area contributed by atoms with Crippen molar-refractivity contribution in [1.82, 2.24) is 14.3 Å². The van der Waals surface area contributed by atoms with Crippen molar-refractivity contribution in [2.24, 2.45) is 0 Å². The summed E-state index contributed by atoms with van der Waals surface area (Å²) in [7, 11) is 0. The molecular weight excluding hydrogens is 455 g/mol. The highest BCUT2D eigenvalue weighted by Gasteiger charge is 2.22. The number of hydrogen-bond acceptors (Lipinski definition) is 3. The topological polar surface area (TPSA) is 68.9 Å². The van der Waals surface area contributed by atoms with Crippen LogP contribution in [-0.2, 0) is 17.9 Å². The number of hydrogen-bond donors (Lipinski definition) is 1. The SMILES string of the molecule is Cc1cccc(Cn2cc3c(=O)n(CC(=O)Nc4c(C)cc(C)cc4C)nc-3c3cc(F)ccc32)c1. The number of rotatable bonds is 5. The zero-order chi connectivity index (χ0) is 25.6. The van der Waals surface area contributed by atoms with Crippen LogP contribution in [-0.4, -0.2) is 20.3 Å². The van der Waals surface area contributed by atoms with Gasteiger partial charge in [-0.25, -0.2) is 9.07 Å². The minimum atomic E-state index is -0.415. The van der Waals surface area contributed by atoms with Crippen molar-refractivity contribution < 1.29 is 9.18 Å². The van der Waals surface area contributed by atoms with Crippen LogP contribution in [0.25, 0.3) is 22.2 Å². The maximum absolute atomic E-state index is 14.3. The van der Waals surface area contributed by atoms with E-state index in [1.54, 1.807) is 12.3 Å². The van der Waals surface area contributed by atoms with Gasteiger partial charge in [-0.3, -0.25) is 9.59 Å². The zero-order valence-corrected chi connectivity index (χ0v) is 20.7. The number of halogens is 1. The third-order valence-corrected chi connectivity index (χ3v) is 6.42. The summed E-state index contributed by atoms with van der Waals surface area (Å²) in [4.78, 5) is 26.2. The zero-order valence-electron chi connectivity index (χ0n) is 20.7. The molecule has 0 aliphatic carbocycles. The highest BCUT2D eigenvalue weighted by Crippen LogP contribution is 2.29. The molecule has 0 unspecified atom stereocenters. The number of nitrogens with one attached hydrogen (secondary N) is 1. The van der Waals surface area contributed by atoms with E-state index in [0.29, 0.717) is 23.2 Å². The van der Waals surface area contributed by atoms with Crippen LogP contribution in [0.4, 0.5) is 10.1 Å². The Kier molecular flexibility index (Phi) is 5.92. The Labute approximate surface area is 208 Å². The summed E-state index contributed by atoms with van der Waals surface area (Å²) >= 11 is 0.